The fourth-order valence-corrected chi connectivity index (χ4v) is 2.60. The molecule has 2 aromatic heterocycles. The van der Waals surface area contributed by atoms with Crippen molar-refractivity contribution >= 4 is 17.4 Å². The minimum atomic E-state index is 0.375. The van der Waals surface area contributed by atoms with E-state index in [9.17, 15) is 0 Å². The van der Waals surface area contributed by atoms with Crippen LogP contribution in [-0.2, 0) is 5.75 Å². The molecule has 0 saturated heterocycles. The van der Waals surface area contributed by atoms with E-state index in [0.29, 0.717) is 29.0 Å². The van der Waals surface area contributed by atoms with E-state index >= 15 is 0 Å². The summed E-state index contributed by atoms with van der Waals surface area (Å²) in [5.41, 5.74) is 6.39. The summed E-state index contributed by atoms with van der Waals surface area (Å²) in [6.07, 6.45) is 1.56. The summed E-state index contributed by atoms with van der Waals surface area (Å²) in [7, 11) is 1.61. The monoisotopic (exact) mass is 303 g/mol. The van der Waals surface area contributed by atoms with Gasteiger partial charge in [-0.1, -0.05) is 0 Å². The highest BCUT2D eigenvalue weighted by Crippen LogP contribution is 2.33. The van der Waals surface area contributed by atoms with E-state index in [2.05, 4.69) is 10.2 Å². The average molecular weight is 303 g/mol. The number of thioether (sulfide) groups is 1. The number of methoxy groups -OCH3 is 1. The molecule has 0 bridgehead atoms. The van der Waals surface area contributed by atoms with Crippen molar-refractivity contribution in [1.82, 2.24) is 10.2 Å². The number of nitrogens with two attached hydrogens (primary N) is 1. The first-order chi connectivity index (χ1) is 10.3. The van der Waals surface area contributed by atoms with Crippen LogP contribution in [-0.4, -0.2) is 17.3 Å². The number of furan rings is 1. The van der Waals surface area contributed by atoms with Crippen molar-refractivity contribution in [1.29, 1.82) is 0 Å². The smallest absolute Gasteiger partial charge is 0.283 e. The van der Waals surface area contributed by atoms with Crippen molar-refractivity contribution in [2.24, 2.45) is 0 Å². The molecule has 3 aromatic rings. The van der Waals surface area contributed by atoms with Crippen LogP contribution in [0.3, 0.4) is 0 Å². The fourth-order valence-electron chi connectivity index (χ4n) is 1.75. The molecule has 0 amide bonds. The van der Waals surface area contributed by atoms with Gasteiger partial charge in [0, 0.05) is 16.6 Å². The van der Waals surface area contributed by atoms with Crippen LogP contribution in [0.2, 0.25) is 0 Å². The van der Waals surface area contributed by atoms with Crippen LogP contribution in [0.5, 0.6) is 5.75 Å². The van der Waals surface area contributed by atoms with E-state index < -0.39 is 0 Å². The van der Waals surface area contributed by atoms with Crippen molar-refractivity contribution in [3.8, 4) is 17.4 Å². The predicted octanol–water partition coefficient (Wildman–Crippen LogP) is 3.21. The highest BCUT2D eigenvalue weighted by molar-refractivity contribution is 7.98. The number of hydrogen-bond donors (Lipinski definition) is 1. The molecule has 7 heteroatoms. The topological polar surface area (TPSA) is 87.3 Å². The lowest BCUT2D eigenvalue weighted by atomic mass is 10.3. The molecule has 0 spiro atoms. The van der Waals surface area contributed by atoms with Gasteiger partial charge in [-0.25, -0.2) is 0 Å². The van der Waals surface area contributed by atoms with Gasteiger partial charge in [0.2, 0.25) is 5.89 Å². The summed E-state index contributed by atoms with van der Waals surface area (Å²) >= 11 is 1.54. The Balaban J connectivity index is 1.71. The van der Waals surface area contributed by atoms with Gasteiger partial charge in [-0.15, -0.1) is 22.0 Å². The minimum absolute atomic E-state index is 0.375. The van der Waals surface area contributed by atoms with E-state index in [4.69, 9.17) is 19.3 Å². The highest BCUT2D eigenvalue weighted by atomic mass is 32.2. The number of rotatable bonds is 5. The van der Waals surface area contributed by atoms with Crippen LogP contribution in [0.15, 0.2) is 50.3 Å². The van der Waals surface area contributed by atoms with Crippen LogP contribution in [0.1, 0.15) is 5.89 Å². The van der Waals surface area contributed by atoms with Gasteiger partial charge >= 0.3 is 0 Å². The molecular formula is C14H13N3O3S. The molecule has 0 fully saturated rings. The maximum atomic E-state index is 5.73. The van der Waals surface area contributed by atoms with Gasteiger partial charge < -0.3 is 19.3 Å². The second-order valence-electron chi connectivity index (χ2n) is 4.18. The molecule has 2 heterocycles. The molecule has 21 heavy (non-hydrogen) atoms. The zero-order valence-electron chi connectivity index (χ0n) is 11.3. The first kappa shape index (κ1) is 13.6. The molecule has 0 unspecified atom stereocenters. The third-order valence-electron chi connectivity index (χ3n) is 2.74. The Morgan fingerprint density at radius 1 is 1.29 bits per heavy atom. The second kappa shape index (κ2) is 5.92. The predicted molar refractivity (Wildman–Crippen MR) is 79.0 cm³/mol. The van der Waals surface area contributed by atoms with Gasteiger partial charge in [-0.05, 0) is 24.3 Å². The molecule has 2 N–H and O–H groups in total. The SMILES string of the molecule is COc1cc(N)ccc1SCc1nnc(-c2ccco2)o1. The molecule has 0 aliphatic rings. The zero-order chi connectivity index (χ0) is 14.7. The number of benzene rings is 1. The lowest BCUT2D eigenvalue weighted by Gasteiger charge is -2.07. The summed E-state index contributed by atoms with van der Waals surface area (Å²) in [6.45, 7) is 0. The van der Waals surface area contributed by atoms with Crippen LogP contribution < -0.4 is 10.5 Å². The van der Waals surface area contributed by atoms with Gasteiger partial charge in [0.05, 0.1) is 19.1 Å². The molecule has 108 valence electrons. The Labute approximate surface area is 125 Å². The minimum Gasteiger partial charge on any atom is -0.496 e. The van der Waals surface area contributed by atoms with Crippen molar-refractivity contribution in [2.75, 3.05) is 12.8 Å². The average Bonchev–Trinajstić information content (AvgIpc) is 3.16. The number of anilines is 1. The van der Waals surface area contributed by atoms with Crippen molar-refractivity contribution in [3.05, 3.63) is 42.5 Å². The lowest BCUT2D eigenvalue weighted by Crippen LogP contribution is -1.90. The van der Waals surface area contributed by atoms with Gasteiger partial charge in [-0.2, -0.15) is 0 Å². The van der Waals surface area contributed by atoms with Crippen LogP contribution in [0.25, 0.3) is 11.7 Å². The fraction of sp³-hybridized carbons (Fsp3) is 0.143. The third-order valence-corrected chi connectivity index (χ3v) is 3.78. The van der Waals surface area contributed by atoms with Gasteiger partial charge in [0.25, 0.3) is 5.89 Å². The highest BCUT2D eigenvalue weighted by Gasteiger charge is 2.12. The van der Waals surface area contributed by atoms with Crippen molar-refractivity contribution < 1.29 is 13.6 Å². The van der Waals surface area contributed by atoms with E-state index in [1.807, 2.05) is 12.1 Å². The van der Waals surface area contributed by atoms with E-state index in [1.165, 1.54) is 11.8 Å². The Kier molecular flexibility index (Phi) is 3.83. The summed E-state index contributed by atoms with van der Waals surface area (Å²) in [4.78, 5) is 0.962. The maximum absolute atomic E-state index is 5.73. The maximum Gasteiger partial charge on any atom is 0.283 e. The summed E-state index contributed by atoms with van der Waals surface area (Å²) in [5, 5.41) is 7.95. The molecule has 6 nitrogen and oxygen atoms in total. The summed E-state index contributed by atoms with van der Waals surface area (Å²) in [5.74, 6) is 2.72. The van der Waals surface area contributed by atoms with Crippen molar-refractivity contribution in [3.63, 3.8) is 0 Å². The Hall–Kier alpha value is -2.41. The molecule has 3 rings (SSSR count). The van der Waals surface area contributed by atoms with Crippen molar-refractivity contribution in [2.45, 2.75) is 10.6 Å². The number of aromatic nitrogens is 2. The standard InChI is InChI=1S/C14H13N3O3S/c1-18-11-7-9(15)4-5-12(11)21-8-13-16-17-14(20-13)10-3-2-6-19-10/h2-7H,8,15H2,1H3. The molecule has 1 aromatic carbocycles. The number of nitrogens with zero attached hydrogens (tertiary/aromatic N) is 2. The number of nitrogen functional groups attached to an aromatic ring is 1. The molecular weight excluding hydrogens is 290 g/mol. The lowest BCUT2D eigenvalue weighted by molar-refractivity contribution is 0.405. The largest absolute Gasteiger partial charge is 0.496 e. The Morgan fingerprint density at radius 3 is 2.95 bits per heavy atom. The quantitative estimate of drug-likeness (QED) is 0.572. The number of hydrogen-bond acceptors (Lipinski definition) is 7. The molecule has 0 saturated carbocycles. The summed E-state index contributed by atoms with van der Waals surface area (Å²) < 4.78 is 16.0. The summed E-state index contributed by atoms with van der Waals surface area (Å²) in [6, 6.07) is 9.06. The van der Waals surface area contributed by atoms with Crippen LogP contribution in [0, 0.1) is 0 Å². The molecule has 0 atom stereocenters. The molecule has 0 radical (unpaired) electrons. The second-order valence-corrected chi connectivity index (χ2v) is 5.19. The van der Waals surface area contributed by atoms with Gasteiger partial charge in [-0.3, -0.25) is 0 Å². The van der Waals surface area contributed by atoms with E-state index in [1.54, 1.807) is 31.6 Å². The van der Waals surface area contributed by atoms with Crippen LogP contribution >= 0.6 is 11.8 Å². The first-order valence-electron chi connectivity index (χ1n) is 6.19. The van der Waals surface area contributed by atoms with E-state index in [0.717, 1.165) is 10.6 Å². The zero-order valence-corrected chi connectivity index (χ0v) is 12.1. The molecule has 0 aliphatic carbocycles. The third kappa shape index (κ3) is 3.03. The van der Waals surface area contributed by atoms with E-state index in [-0.39, 0.29) is 0 Å². The van der Waals surface area contributed by atoms with Gasteiger partial charge in [0.1, 0.15) is 5.75 Å². The number of ether oxygens (including phenoxy) is 1. The first-order valence-corrected chi connectivity index (χ1v) is 7.17. The molecule has 0 aliphatic heterocycles. The van der Waals surface area contributed by atoms with Crippen LogP contribution in [0.4, 0.5) is 5.69 Å². The van der Waals surface area contributed by atoms with Gasteiger partial charge in [0.15, 0.2) is 5.76 Å². The Morgan fingerprint density at radius 2 is 2.19 bits per heavy atom. The Bertz CT molecular complexity index is 725. The normalized spacial score (nSPS) is 10.7.